The second kappa shape index (κ2) is 11.9. The molecular formula is C18H29ClF2N4O. The van der Waals surface area contributed by atoms with Crippen LogP contribution in [0.25, 0.3) is 0 Å². The Morgan fingerprint density at radius 3 is 2.62 bits per heavy atom. The number of hydrogen-bond donors (Lipinski definition) is 2. The molecule has 2 N–H and O–H groups in total. The Morgan fingerprint density at radius 2 is 2.00 bits per heavy atom. The number of nitrogens with zero attached hydrogens (tertiary/aromatic N) is 2. The van der Waals surface area contributed by atoms with E-state index in [1.165, 1.54) is 12.1 Å². The molecular weight excluding hydrogens is 362 g/mol. The van der Waals surface area contributed by atoms with E-state index in [1.54, 1.807) is 13.1 Å². The smallest absolute Gasteiger partial charge is 0.387 e. The molecule has 1 aromatic carbocycles. The van der Waals surface area contributed by atoms with Gasteiger partial charge in [0.1, 0.15) is 5.75 Å². The van der Waals surface area contributed by atoms with Gasteiger partial charge in [-0.05, 0) is 58.5 Å². The van der Waals surface area contributed by atoms with Gasteiger partial charge in [-0.3, -0.25) is 4.99 Å². The molecule has 0 atom stereocenters. The van der Waals surface area contributed by atoms with Crippen LogP contribution in [-0.4, -0.2) is 50.7 Å². The Labute approximate surface area is 159 Å². The number of halogens is 3. The highest BCUT2D eigenvalue weighted by Gasteiger charge is 2.11. The minimum Gasteiger partial charge on any atom is -0.434 e. The number of nitrogens with one attached hydrogen (secondary N) is 2. The number of guanidine groups is 1. The van der Waals surface area contributed by atoms with Crippen LogP contribution in [0.15, 0.2) is 23.2 Å². The molecule has 0 fully saturated rings. The van der Waals surface area contributed by atoms with Crippen LogP contribution >= 0.6 is 11.6 Å². The molecule has 0 aliphatic heterocycles. The number of alkyl halides is 2. The molecule has 0 aliphatic carbocycles. The predicted molar refractivity (Wildman–Crippen MR) is 103 cm³/mol. The fraction of sp³-hybridized carbons (Fsp3) is 0.611. The summed E-state index contributed by atoms with van der Waals surface area (Å²) in [5.41, 5.74) is 0.541. The summed E-state index contributed by atoms with van der Waals surface area (Å²) in [6, 6.07) is 5.10. The summed E-state index contributed by atoms with van der Waals surface area (Å²) in [4.78, 5) is 6.44. The first-order chi connectivity index (χ1) is 12.3. The van der Waals surface area contributed by atoms with Gasteiger partial charge in [0.25, 0.3) is 0 Å². The second-order valence-electron chi connectivity index (χ2n) is 6.26. The van der Waals surface area contributed by atoms with Gasteiger partial charge in [0.15, 0.2) is 5.96 Å². The van der Waals surface area contributed by atoms with Crippen molar-refractivity contribution in [2.45, 2.75) is 45.9 Å². The van der Waals surface area contributed by atoms with Crippen molar-refractivity contribution >= 4 is 17.6 Å². The molecule has 8 heteroatoms. The molecule has 5 nitrogen and oxygen atoms in total. The maximum Gasteiger partial charge on any atom is 0.387 e. The van der Waals surface area contributed by atoms with Crippen molar-refractivity contribution in [2.24, 2.45) is 4.99 Å². The first kappa shape index (κ1) is 22.4. The van der Waals surface area contributed by atoms with Crippen LogP contribution in [0.2, 0.25) is 5.02 Å². The molecule has 0 unspecified atom stereocenters. The SMILES string of the molecule is CN=C(NCCCCN(C)C(C)C)NCc1cc(Cl)ccc1OC(F)F. The predicted octanol–water partition coefficient (Wildman–Crippen LogP) is 3.73. The van der Waals surface area contributed by atoms with Gasteiger partial charge in [0.2, 0.25) is 0 Å². The van der Waals surface area contributed by atoms with Crippen LogP contribution in [0.4, 0.5) is 8.78 Å². The lowest BCUT2D eigenvalue weighted by atomic mass is 10.2. The van der Waals surface area contributed by atoms with Gasteiger partial charge >= 0.3 is 6.61 Å². The lowest BCUT2D eigenvalue weighted by Crippen LogP contribution is -2.37. The Morgan fingerprint density at radius 1 is 1.27 bits per heavy atom. The maximum atomic E-state index is 12.5. The zero-order valence-corrected chi connectivity index (χ0v) is 16.6. The molecule has 148 valence electrons. The third-order valence-corrected chi connectivity index (χ3v) is 4.26. The number of rotatable bonds is 10. The van der Waals surface area contributed by atoms with Crippen molar-refractivity contribution in [2.75, 3.05) is 27.2 Å². The van der Waals surface area contributed by atoms with Gasteiger partial charge in [-0.2, -0.15) is 8.78 Å². The standard InChI is InChI=1S/C18H29ClF2N4O/c1-13(2)25(4)10-6-5-9-23-18(22-3)24-12-14-11-15(19)7-8-16(14)26-17(20)21/h7-8,11,13,17H,5-6,9-10,12H2,1-4H3,(H2,22,23,24). The molecule has 0 saturated heterocycles. The summed E-state index contributed by atoms with van der Waals surface area (Å²) in [7, 11) is 3.78. The monoisotopic (exact) mass is 390 g/mol. The van der Waals surface area contributed by atoms with Crippen LogP contribution in [-0.2, 0) is 6.54 Å². The van der Waals surface area contributed by atoms with Crippen LogP contribution < -0.4 is 15.4 Å². The molecule has 0 saturated carbocycles. The van der Waals surface area contributed by atoms with E-state index in [2.05, 4.69) is 46.2 Å². The van der Waals surface area contributed by atoms with Gasteiger partial charge in [-0.1, -0.05) is 11.6 Å². The number of benzene rings is 1. The first-order valence-electron chi connectivity index (χ1n) is 8.71. The summed E-state index contributed by atoms with van der Waals surface area (Å²) < 4.78 is 29.5. The van der Waals surface area contributed by atoms with E-state index in [4.69, 9.17) is 11.6 Å². The molecule has 0 aliphatic rings. The van der Waals surface area contributed by atoms with Crippen LogP contribution in [0.3, 0.4) is 0 Å². The summed E-state index contributed by atoms with van der Waals surface area (Å²) in [5.74, 6) is 0.703. The zero-order valence-electron chi connectivity index (χ0n) is 15.9. The van der Waals surface area contributed by atoms with Crippen molar-refractivity contribution in [3.8, 4) is 5.75 Å². The Kier molecular flexibility index (Phi) is 10.3. The average molecular weight is 391 g/mol. The molecule has 1 rings (SSSR count). The van der Waals surface area contributed by atoms with Crippen molar-refractivity contribution in [1.29, 1.82) is 0 Å². The van der Waals surface area contributed by atoms with Gasteiger partial charge in [0.05, 0.1) is 0 Å². The van der Waals surface area contributed by atoms with E-state index >= 15 is 0 Å². The van der Waals surface area contributed by atoms with Crippen LogP contribution in [0.5, 0.6) is 5.75 Å². The summed E-state index contributed by atoms with van der Waals surface area (Å²) in [5, 5.41) is 6.76. The molecule has 1 aromatic rings. The summed E-state index contributed by atoms with van der Waals surface area (Å²) in [6.07, 6.45) is 2.09. The Hall–Kier alpha value is -1.60. The third-order valence-electron chi connectivity index (χ3n) is 4.02. The Bertz CT molecular complexity index is 570. The number of unbranched alkanes of at least 4 members (excludes halogenated alkanes) is 1. The lowest BCUT2D eigenvalue weighted by Gasteiger charge is -2.20. The molecule has 26 heavy (non-hydrogen) atoms. The van der Waals surface area contributed by atoms with E-state index in [0.717, 1.165) is 25.9 Å². The minimum absolute atomic E-state index is 0.101. The molecule has 0 radical (unpaired) electrons. The van der Waals surface area contributed by atoms with Gasteiger partial charge in [-0.15, -0.1) is 0 Å². The molecule has 0 heterocycles. The van der Waals surface area contributed by atoms with Crippen molar-refractivity contribution in [1.82, 2.24) is 15.5 Å². The maximum absolute atomic E-state index is 12.5. The highest BCUT2D eigenvalue weighted by atomic mass is 35.5. The van der Waals surface area contributed by atoms with Crippen LogP contribution in [0, 0.1) is 0 Å². The molecule has 0 bridgehead atoms. The summed E-state index contributed by atoms with van der Waals surface area (Å²) >= 11 is 5.95. The van der Waals surface area contributed by atoms with Crippen molar-refractivity contribution in [3.05, 3.63) is 28.8 Å². The average Bonchev–Trinajstić information content (AvgIpc) is 2.58. The van der Waals surface area contributed by atoms with Crippen molar-refractivity contribution in [3.63, 3.8) is 0 Å². The normalized spacial score (nSPS) is 12.2. The van der Waals surface area contributed by atoms with Gasteiger partial charge in [0, 0.05) is 36.8 Å². The highest BCUT2D eigenvalue weighted by Crippen LogP contribution is 2.24. The quantitative estimate of drug-likeness (QED) is 0.363. The van der Waals surface area contributed by atoms with Crippen LogP contribution in [0.1, 0.15) is 32.3 Å². The highest BCUT2D eigenvalue weighted by molar-refractivity contribution is 6.30. The van der Waals surface area contributed by atoms with E-state index in [0.29, 0.717) is 22.6 Å². The first-order valence-corrected chi connectivity index (χ1v) is 9.09. The Balaban J connectivity index is 2.44. The minimum atomic E-state index is -2.88. The molecule has 0 spiro atoms. The fourth-order valence-corrected chi connectivity index (χ4v) is 2.44. The van der Waals surface area contributed by atoms with Gasteiger partial charge < -0.3 is 20.3 Å². The molecule has 0 aromatic heterocycles. The van der Waals surface area contributed by atoms with E-state index in [1.807, 2.05) is 0 Å². The van der Waals surface area contributed by atoms with E-state index in [-0.39, 0.29) is 12.3 Å². The zero-order chi connectivity index (χ0) is 19.5. The number of aliphatic imine (C=N–C) groups is 1. The van der Waals surface area contributed by atoms with Crippen molar-refractivity contribution < 1.29 is 13.5 Å². The van der Waals surface area contributed by atoms with E-state index in [9.17, 15) is 8.78 Å². The van der Waals surface area contributed by atoms with Gasteiger partial charge in [-0.25, -0.2) is 0 Å². The fourth-order valence-electron chi connectivity index (χ4n) is 2.25. The van der Waals surface area contributed by atoms with E-state index < -0.39 is 6.61 Å². The largest absolute Gasteiger partial charge is 0.434 e. The third kappa shape index (κ3) is 8.67. The molecule has 0 amide bonds. The topological polar surface area (TPSA) is 48.9 Å². The lowest BCUT2D eigenvalue weighted by molar-refractivity contribution is -0.0504. The second-order valence-corrected chi connectivity index (χ2v) is 6.70. The number of hydrogen-bond acceptors (Lipinski definition) is 3. The summed E-state index contributed by atoms with van der Waals surface area (Å²) in [6.45, 7) is 3.57. The number of ether oxygens (including phenoxy) is 1.